The number of nitrogens with two attached hydrogens (primary N) is 1. The lowest BCUT2D eigenvalue weighted by atomic mass is 10.2. The molecule has 4 rings (SSSR count). The third kappa shape index (κ3) is 2.89. The number of alkyl halides is 3. The fraction of sp³-hybridized carbons (Fsp3) is 0.118. The lowest BCUT2D eigenvalue weighted by Crippen LogP contribution is -2.19. The zero-order chi connectivity index (χ0) is 20.1. The maximum atomic E-state index is 13.5. The number of carbonyl (C=O) groups excluding carboxylic acids is 1. The van der Waals surface area contributed by atoms with E-state index in [2.05, 4.69) is 19.9 Å². The highest BCUT2D eigenvalue weighted by molar-refractivity contribution is 7.13. The van der Waals surface area contributed by atoms with Crippen molar-refractivity contribution in [3.05, 3.63) is 52.9 Å². The molecule has 0 saturated carbocycles. The van der Waals surface area contributed by atoms with Crippen molar-refractivity contribution in [2.24, 2.45) is 5.73 Å². The largest absolute Gasteiger partial charge is 0.418 e. The molecule has 0 bridgehead atoms. The molecular formula is C17H11F3N6OS. The van der Waals surface area contributed by atoms with Gasteiger partial charge in [0.15, 0.2) is 16.6 Å². The van der Waals surface area contributed by atoms with E-state index in [1.807, 2.05) is 0 Å². The summed E-state index contributed by atoms with van der Waals surface area (Å²) < 4.78 is 41.7. The van der Waals surface area contributed by atoms with Gasteiger partial charge in [0, 0.05) is 29.4 Å². The van der Waals surface area contributed by atoms with Crippen LogP contribution in [-0.2, 0) is 6.18 Å². The summed E-state index contributed by atoms with van der Waals surface area (Å²) in [6, 6.07) is 2.71. The van der Waals surface area contributed by atoms with Crippen LogP contribution >= 0.6 is 11.3 Å². The molecular weight excluding hydrogens is 393 g/mol. The minimum Gasteiger partial charge on any atom is -0.365 e. The molecule has 2 N–H and O–H groups in total. The van der Waals surface area contributed by atoms with Gasteiger partial charge in [-0.3, -0.25) is 9.36 Å². The van der Waals surface area contributed by atoms with Crippen molar-refractivity contribution < 1.29 is 18.0 Å². The van der Waals surface area contributed by atoms with Crippen molar-refractivity contribution in [1.29, 1.82) is 0 Å². The van der Waals surface area contributed by atoms with Crippen LogP contribution in [0.25, 0.3) is 27.7 Å². The lowest BCUT2D eigenvalue weighted by Gasteiger charge is -2.12. The van der Waals surface area contributed by atoms with Gasteiger partial charge >= 0.3 is 6.18 Å². The van der Waals surface area contributed by atoms with E-state index in [0.29, 0.717) is 5.01 Å². The first-order valence-corrected chi connectivity index (χ1v) is 8.77. The molecule has 7 nitrogen and oxygen atoms in total. The number of rotatable bonds is 3. The van der Waals surface area contributed by atoms with E-state index >= 15 is 0 Å². The molecule has 0 aliphatic rings. The number of nitrogens with zero attached hydrogens (tertiary/aromatic N) is 5. The molecule has 0 spiro atoms. The van der Waals surface area contributed by atoms with Gasteiger partial charge in [-0.25, -0.2) is 19.9 Å². The Hall–Kier alpha value is -3.34. The molecule has 0 aliphatic heterocycles. The summed E-state index contributed by atoms with van der Waals surface area (Å²) in [6.45, 7) is 1.53. The second-order valence-corrected chi connectivity index (χ2v) is 6.71. The lowest BCUT2D eigenvalue weighted by molar-refractivity contribution is -0.136. The number of thiazole rings is 1. The van der Waals surface area contributed by atoms with Crippen LogP contribution in [0.2, 0.25) is 0 Å². The van der Waals surface area contributed by atoms with Gasteiger partial charge in [0.25, 0.3) is 5.91 Å². The fourth-order valence-electron chi connectivity index (χ4n) is 2.90. The number of carbonyl (C=O) groups is 1. The summed E-state index contributed by atoms with van der Waals surface area (Å²) >= 11 is 1.26. The van der Waals surface area contributed by atoms with Gasteiger partial charge in [0.05, 0.1) is 11.3 Å². The Morgan fingerprint density at radius 2 is 2.00 bits per heavy atom. The topological polar surface area (TPSA) is 99.6 Å². The predicted octanol–water partition coefficient (Wildman–Crippen LogP) is 3.37. The second kappa shape index (κ2) is 6.37. The van der Waals surface area contributed by atoms with E-state index in [-0.39, 0.29) is 33.9 Å². The summed E-state index contributed by atoms with van der Waals surface area (Å²) in [5, 5.41) is 2.06. The first-order valence-electron chi connectivity index (χ1n) is 7.89. The van der Waals surface area contributed by atoms with E-state index in [1.165, 1.54) is 36.6 Å². The number of amides is 1. The van der Waals surface area contributed by atoms with Crippen LogP contribution in [0.5, 0.6) is 0 Å². The third-order valence-electron chi connectivity index (χ3n) is 4.04. The number of aryl methyl sites for hydroxylation is 1. The van der Waals surface area contributed by atoms with Crippen LogP contribution in [-0.4, -0.2) is 30.4 Å². The molecule has 0 aliphatic carbocycles. The van der Waals surface area contributed by atoms with Gasteiger partial charge in [-0.05, 0) is 19.1 Å². The first kappa shape index (κ1) is 18.0. The summed E-state index contributed by atoms with van der Waals surface area (Å²) in [6.07, 6.45) is -0.843. The Bertz CT molecular complexity index is 1200. The van der Waals surface area contributed by atoms with Crippen molar-refractivity contribution in [2.75, 3.05) is 0 Å². The van der Waals surface area contributed by atoms with Gasteiger partial charge in [-0.2, -0.15) is 13.2 Å². The Balaban J connectivity index is 2.08. The van der Waals surface area contributed by atoms with Crippen molar-refractivity contribution in [3.63, 3.8) is 0 Å². The van der Waals surface area contributed by atoms with Crippen LogP contribution in [0.1, 0.15) is 21.6 Å². The average molecular weight is 404 g/mol. The molecule has 142 valence electrons. The molecule has 0 radical (unpaired) electrons. The monoisotopic (exact) mass is 404 g/mol. The molecule has 11 heteroatoms. The van der Waals surface area contributed by atoms with Crippen molar-refractivity contribution in [2.45, 2.75) is 13.1 Å². The van der Waals surface area contributed by atoms with Gasteiger partial charge in [-0.15, -0.1) is 11.3 Å². The SMILES string of the molecule is Cc1nc(-c2nccs2)nc(-n2cc(C(F)(F)F)c3cccnc32)c1C(N)=O. The Morgan fingerprint density at radius 3 is 2.64 bits per heavy atom. The molecule has 28 heavy (non-hydrogen) atoms. The van der Waals surface area contributed by atoms with E-state index in [4.69, 9.17) is 5.73 Å². The van der Waals surface area contributed by atoms with E-state index in [9.17, 15) is 18.0 Å². The minimum atomic E-state index is -4.61. The maximum absolute atomic E-state index is 13.5. The van der Waals surface area contributed by atoms with Crippen molar-refractivity contribution in [1.82, 2.24) is 24.5 Å². The van der Waals surface area contributed by atoms with Gasteiger partial charge in [-0.1, -0.05) is 0 Å². The second-order valence-electron chi connectivity index (χ2n) is 5.82. The number of aromatic nitrogens is 5. The van der Waals surface area contributed by atoms with E-state index < -0.39 is 17.6 Å². The van der Waals surface area contributed by atoms with Gasteiger partial charge in [0.1, 0.15) is 11.2 Å². The van der Waals surface area contributed by atoms with Crippen LogP contribution in [0.15, 0.2) is 36.1 Å². The van der Waals surface area contributed by atoms with Gasteiger partial charge < -0.3 is 5.73 Å². The molecule has 0 atom stereocenters. The van der Waals surface area contributed by atoms with Crippen LogP contribution in [0, 0.1) is 6.92 Å². The van der Waals surface area contributed by atoms with Crippen LogP contribution in [0.4, 0.5) is 13.2 Å². The number of hydrogen-bond donors (Lipinski definition) is 1. The molecule has 4 aromatic rings. The smallest absolute Gasteiger partial charge is 0.365 e. The molecule has 0 saturated heterocycles. The van der Waals surface area contributed by atoms with Crippen LogP contribution < -0.4 is 5.73 Å². The standard InChI is InChI=1S/C17H11F3N6OS/c1-8-11(12(21)27)15(25-13(24-8)16-23-5-6-28-16)26-7-10(17(18,19)20)9-3-2-4-22-14(9)26/h2-7H,1H3,(H2,21,27). The average Bonchev–Trinajstić information content (AvgIpc) is 3.28. The minimum absolute atomic E-state index is 0.000476. The Kier molecular flexibility index (Phi) is 4.11. The van der Waals surface area contributed by atoms with Crippen molar-refractivity contribution in [3.8, 4) is 16.6 Å². The summed E-state index contributed by atoms with van der Waals surface area (Å²) in [5.74, 6) is -0.757. The number of primary amides is 1. The fourth-order valence-corrected chi connectivity index (χ4v) is 3.47. The highest BCUT2D eigenvalue weighted by Gasteiger charge is 2.36. The predicted molar refractivity (Wildman–Crippen MR) is 96.0 cm³/mol. The highest BCUT2D eigenvalue weighted by atomic mass is 32.1. The van der Waals surface area contributed by atoms with Crippen LogP contribution in [0.3, 0.4) is 0 Å². The molecule has 4 aromatic heterocycles. The molecule has 1 amide bonds. The summed E-state index contributed by atoms with van der Waals surface area (Å²) in [7, 11) is 0. The Labute approximate surface area is 159 Å². The highest BCUT2D eigenvalue weighted by Crippen LogP contribution is 2.37. The number of hydrogen-bond acceptors (Lipinski definition) is 6. The maximum Gasteiger partial charge on any atom is 0.418 e. The summed E-state index contributed by atoms with van der Waals surface area (Å²) in [5.41, 5.74) is 4.72. The first-order chi connectivity index (χ1) is 13.3. The zero-order valence-corrected chi connectivity index (χ0v) is 15.0. The quantitative estimate of drug-likeness (QED) is 0.564. The third-order valence-corrected chi connectivity index (χ3v) is 4.81. The van der Waals surface area contributed by atoms with E-state index in [0.717, 1.165) is 10.8 Å². The summed E-state index contributed by atoms with van der Waals surface area (Å²) in [4.78, 5) is 28.7. The Morgan fingerprint density at radius 1 is 1.21 bits per heavy atom. The van der Waals surface area contributed by atoms with Crippen molar-refractivity contribution >= 4 is 28.3 Å². The van der Waals surface area contributed by atoms with Gasteiger partial charge in [0.2, 0.25) is 0 Å². The van der Waals surface area contributed by atoms with E-state index in [1.54, 1.807) is 11.6 Å². The zero-order valence-electron chi connectivity index (χ0n) is 14.2. The molecule has 0 unspecified atom stereocenters. The number of halogens is 3. The number of fused-ring (bicyclic) bond motifs is 1. The molecule has 4 heterocycles. The molecule has 0 aromatic carbocycles. The number of pyridine rings is 1. The molecule has 0 fully saturated rings. The normalized spacial score (nSPS) is 11.9.